The molecule has 0 radical (unpaired) electrons. The van der Waals surface area contributed by atoms with Crippen LogP contribution in [0.15, 0.2) is 24.7 Å². The van der Waals surface area contributed by atoms with E-state index in [0.29, 0.717) is 16.3 Å². The quantitative estimate of drug-likeness (QED) is 0.914. The van der Waals surface area contributed by atoms with Gasteiger partial charge in [-0.15, -0.1) is 0 Å². The number of alkyl halides is 3. The van der Waals surface area contributed by atoms with Gasteiger partial charge < -0.3 is 10.1 Å². The Bertz CT molecular complexity index is 570. The highest BCUT2D eigenvalue weighted by Crippen LogP contribution is 2.30. The molecular formula is C11H9ClF3N3O. The van der Waals surface area contributed by atoms with Crippen molar-refractivity contribution in [2.45, 2.75) is 18.7 Å². The summed E-state index contributed by atoms with van der Waals surface area (Å²) in [5.41, 5.74) is 1.04. The van der Waals surface area contributed by atoms with Crippen molar-refractivity contribution >= 4 is 11.6 Å². The zero-order valence-corrected chi connectivity index (χ0v) is 10.2. The van der Waals surface area contributed by atoms with Crippen LogP contribution >= 0.6 is 11.6 Å². The number of H-pyrrole nitrogens is 1. The molecule has 0 bridgehead atoms. The summed E-state index contributed by atoms with van der Waals surface area (Å²) in [7, 11) is 0. The van der Waals surface area contributed by atoms with E-state index in [0.717, 1.165) is 0 Å². The number of aromatic amines is 1. The van der Waals surface area contributed by atoms with Crippen LogP contribution in [0.5, 0.6) is 0 Å². The third kappa shape index (κ3) is 3.24. The second-order valence-electron chi connectivity index (χ2n) is 3.87. The van der Waals surface area contributed by atoms with Gasteiger partial charge >= 0.3 is 6.18 Å². The molecule has 2 N–H and O–H groups in total. The normalized spacial score (nSPS) is 13.5. The largest absolute Gasteiger partial charge is 0.421 e. The van der Waals surface area contributed by atoms with E-state index in [2.05, 4.69) is 15.0 Å². The Kier molecular flexibility index (Phi) is 3.77. The first-order chi connectivity index (χ1) is 8.88. The number of nitrogens with zero attached hydrogens (tertiary/aromatic N) is 2. The number of rotatable bonds is 3. The third-order valence-corrected chi connectivity index (χ3v) is 2.79. The van der Waals surface area contributed by atoms with Crippen molar-refractivity contribution in [2.24, 2.45) is 0 Å². The van der Waals surface area contributed by atoms with Crippen LogP contribution in [0.2, 0.25) is 5.02 Å². The van der Waals surface area contributed by atoms with Crippen molar-refractivity contribution in [1.29, 1.82) is 0 Å². The molecule has 0 fully saturated rings. The highest BCUT2D eigenvalue weighted by molar-refractivity contribution is 6.31. The number of aliphatic hydroxyl groups is 1. The van der Waals surface area contributed by atoms with E-state index in [9.17, 15) is 13.2 Å². The van der Waals surface area contributed by atoms with Crippen molar-refractivity contribution in [3.63, 3.8) is 0 Å². The maximum atomic E-state index is 12.3. The van der Waals surface area contributed by atoms with Gasteiger partial charge in [-0.3, -0.25) is 4.98 Å². The summed E-state index contributed by atoms with van der Waals surface area (Å²) in [6.45, 7) is 0. The standard InChI is InChI=1S/C11H9ClF3N3O/c12-8-5-16-2-1-6(8)3-7-4-17-10(18-7)9(19)11(13,14)15/h1-2,4-5,9,19H,3H2,(H,17,18)/t9-/m1/s1. The van der Waals surface area contributed by atoms with E-state index in [4.69, 9.17) is 16.7 Å². The molecule has 0 aromatic carbocycles. The minimum atomic E-state index is -4.75. The van der Waals surface area contributed by atoms with Gasteiger partial charge in [-0.2, -0.15) is 13.2 Å². The minimum Gasteiger partial charge on any atom is -0.377 e. The number of imidazole rings is 1. The van der Waals surface area contributed by atoms with Gasteiger partial charge in [0.2, 0.25) is 6.10 Å². The summed E-state index contributed by atoms with van der Waals surface area (Å²) >= 11 is 5.89. The SMILES string of the molecule is O[C@H](c1nc(Cc2ccncc2Cl)c[nH]1)C(F)(F)F. The van der Waals surface area contributed by atoms with Crippen molar-refractivity contribution in [2.75, 3.05) is 0 Å². The van der Waals surface area contributed by atoms with Crippen LogP contribution in [-0.2, 0) is 6.42 Å². The van der Waals surface area contributed by atoms with Crippen molar-refractivity contribution in [3.8, 4) is 0 Å². The molecule has 8 heteroatoms. The molecule has 19 heavy (non-hydrogen) atoms. The van der Waals surface area contributed by atoms with Crippen LogP contribution in [0.25, 0.3) is 0 Å². The minimum absolute atomic E-state index is 0.252. The van der Waals surface area contributed by atoms with E-state index in [-0.39, 0.29) is 6.42 Å². The zero-order chi connectivity index (χ0) is 14.0. The predicted molar refractivity (Wildman–Crippen MR) is 61.7 cm³/mol. The maximum Gasteiger partial charge on any atom is 0.421 e. The Morgan fingerprint density at radius 3 is 2.79 bits per heavy atom. The Morgan fingerprint density at radius 2 is 2.16 bits per heavy atom. The molecule has 0 unspecified atom stereocenters. The number of hydrogen-bond acceptors (Lipinski definition) is 3. The molecule has 2 rings (SSSR count). The Morgan fingerprint density at radius 1 is 1.42 bits per heavy atom. The smallest absolute Gasteiger partial charge is 0.377 e. The summed E-state index contributed by atoms with van der Waals surface area (Å²) in [5.74, 6) is -0.535. The molecule has 0 spiro atoms. The topological polar surface area (TPSA) is 61.8 Å². The van der Waals surface area contributed by atoms with Gasteiger partial charge in [0.15, 0.2) is 0 Å². The van der Waals surface area contributed by atoms with Crippen LogP contribution in [-0.4, -0.2) is 26.2 Å². The fraction of sp³-hybridized carbons (Fsp3) is 0.273. The van der Waals surface area contributed by atoms with Gasteiger partial charge in [-0.1, -0.05) is 11.6 Å². The van der Waals surface area contributed by atoms with E-state index in [1.807, 2.05) is 0 Å². The monoisotopic (exact) mass is 291 g/mol. The van der Waals surface area contributed by atoms with Gasteiger partial charge in [0, 0.05) is 25.0 Å². The Balaban J connectivity index is 2.16. The van der Waals surface area contributed by atoms with Gasteiger partial charge in [0.25, 0.3) is 0 Å². The Hall–Kier alpha value is -1.60. The summed E-state index contributed by atoms with van der Waals surface area (Å²) in [6, 6.07) is 1.65. The third-order valence-electron chi connectivity index (χ3n) is 2.45. The second kappa shape index (κ2) is 5.18. The van der Waals surface area contributed by atoms with Crippen molar-refractivity contribution in [3.05, 3.63) is 46.8 Å². The molecular weight excluding hydrogens is 283 g/mol. The van der Waals surface area contributed by atoms with E-state index in [1.165, 1.54) is 18.6 Å². The van der Waals surface area contributed by atoms with Crippen molar-refractivity contribution < 1.29 is 18.3 Å². The highest BCUT2D eigenvalue weighted by Gasteiger charge is 2.41. The molecule has 0 aliphatic carbocycles. The van der Waals surface area contributed by atoms with Gasteiger partial charge in [0.05, 0.1) is 10.7 Å². The molecule has 0 saturated heterocycles. The Labute approximate surface area is 111 Å². The van der Waals surface area contributed by atoms with E-state index < -0.39 is 18.1 Å². The summed E-state index contributed by atoms with van der Waals surface area (Å²) in [4.78, 5) is 9.82. The maximum absolute atomic E-state index is 12.3. The number of halogens is 4. The number of nitrogens with one attached hydrogen (secondary N) is 1. The molecule has 2 aromatic rings. The van der Waals surface area contributed by atoms with Gasteiger partial charge in [-0.25, -0.2) is 4.98 Å². The lowest BCUT2D eigenvalue weighted by molar-refractivity contribution is -0.209. The summed E-state index contributed by atoms with van der Waals surface area (Å²) in [6.07, 6.45) is -2.84. The lowest BCUT2D eigenvalue weighted by Crippen LogP contribution is -2.21. The summed E-state index contributed by atoms with van der Waals surface area (Å²) in [5, 5.41) is 9.44. The fourth-order valence-corrected chi connectivity index (χ4v) is 1.69. The van der Waals surface area contributed by atoms with Gasteiger partial charge in [-0.05, 0) is 11.6 Å². The molecule has 0 aliphatic rings. The molecule has 0 aliphatic heterocycles. The fourth-order valence-electron chi connectivity index (χ4n) is 1.50. The number of pyridine rings is 1. The van der Waals surface area contributed by atoms with Crippen LogP contribution in [0.3, 0.4) is 0 Å². The number of aliphatic hydroxyl groups excluding tert-OH is 1. The van der Waals surface area contributed by atoms with Crippen LogP contribution in [0, 0.1) is 0 Å². The molecule has 4 nitrogen and oxygen atoms in total. The average Bonchev–Trinajstić information content (AvgIpc) is 2.78. The van der Waals surface area contributed by atoms with Gasteiger partial charge in [0.1, 0.15) is 5.82 Å². The highest BCUT2D eigenvalue weighted by atomic mass is 35.5. The first kappa shape index (κ1) is 13.8. The number of aromatic nitrogens is 3. The van der Waals surface area contributed by atoms with Crippen LogP contribution in [0.1, 0.15) is 23.2 Å². The van der Waals surface area contributed by atoms with Crippen LogP contribution in [0.4, 0.5) is 13.2 Å². The zero-order valence-electron chi connectivity index (χ0n) is 9.45. The molecule has 0 saturated carbocycles. The lowest BCUT2D eigenvalue weighted by Gasteiger charge is -2.11. The second-order valence-corrected chi connectivity index (χ2v) is 4.27. The molecule has 2 heterocycles. The average molecular weight is 292 g/mol. The first-order valence-corrected chi connectivity index (χ1v) is 5.63. The first-order valence-electron chi connectivity index (χ1n) is 5.25. The number of hydrogen-bond donors (Lipinski definition) is 2. The molecule has 102 valence electrons. The van der Waals surface area contributed by atoms with E-state index >= 15 is 0 Å². The van der Waals surface area contributed by atoms with E-state index in [1.54, 1.807) is 6.07 Å². The summed E-state index contributed by atoms with van der Waals surface area (Å²) < 4.78 is 36.9. The predicted octanol–water partition coefficient (Wildman–Crippen LogP) is 2.64. The van der Waals surface area contributed by atoms with Crippen LogP contribution < -0.4 is 0 Å². The molecule has 1 atom stereocenters. The van der Waals surface area contributed by atoms with Crippen molar-refractivity contribution in [1.82, 2.24) is 15.0 Å². The molecule has 0 amide bonds. The lowest BCUT2D eigenvalue weighted by atomic mass is 10.1. The molecule has 2 aromatic heterocycles.